The van der Waals surface area contributed by atoms with Gasteiger partial charge in [-0.25, -0.2) is 0 Å². The van der Waals surface area contributed by atoms with E-state index >= 15 is 0 Å². The van der Waals surface area contributed by atoms with Crippen molar-refractivity contribution in [2.75, 3.05) is 0 Å². The maximum Gasteiger partial charge on any atom is 0.122 e. The van der Waals surface area contributed by atoms with Crippen LogP contribution < -0.4 is 0 Å². The van der Waals surface area contributed by atoms with Crippen molar-refractivity contribution >= 4 is 0 Å². The Morgan fingerprint density at radius 1 is 0.326 bits per heavy atom. The van der Waals surface area contributed by atoms with Crippen molar-refractivity contribution in [1.82, 2.24) is 0 Å². The van der Waals surface area contributed by atoms with Crippen molar-refractivity contribution in [1.29, 1.82) is 0 Å². The molecule has 0 unspecified atom stereocenters. The summed E-state index contributed by atoms with van der Waals surface area (Å²) < 4.78 is 0. The van der Waals surface area contributed by atoms with Crippen molar-refractivity contribution in [3.05, 3.63) is 165 Å². The van der Waals surface area contributed by atoms with E-state index in [2.05, 4.69) is 0 Å². The van der Waals surface area contributed by atoms with E-state index in [1.165, 1.54) is 0 Å². The molecule has 0 saturated heterocycles. The van der Waals surface area contributed by atoms with Crippen molar-refractivity contribution < 1.29 is 20.4 Å². The average Bonchev–Trinajstić information content (AvgIpc) is 3.05. The molecule has 8 bridgehead atoms. The number of aryl methyl sites for hydroxylation is 2. The molecule has 0 aliphatic heterocycles. The first kappa shape index (κ1) is 29.2. The minimum absolute atomic E-state index is 0.152. The van der Waals surface area contributed by atoms with Crippen LogP contribution >= 0.6 is 0 Å². The van der Waals surface area contributed by atoms with Gasteiger partial charge in [0.2, 0.25) is 0 Å². The minimum Gasteiger partial charge on any atom is -0.507 e. The lowest BCUT2D eigenvalue weighted by Gasteiger charge is -2.20. The Hall–Kier alpha value is -5.48. The zero-order valence-electron chi connectivity index (χ0n) is 26.0. The van der Waals surface area contributed by atoms with E-state index in [1.807, 2.05) is 123 Å². The topological polar surface area (TPSA) is 80.9 Å². The second kappa shape index (κ2) is 11.8. The van der Waals surface area contributed by atoms with Gasteiger partial charge in [-0.2, -0.15) is 0 Å². The second-order valence-electron chi connectivity index (χ2n) is 12.6. The SMILES string of the molecule is Cc1cc2c(O)c(c1)Cc1cc(-c3ccccc3)cc(c1O)Cc1cc(-c3ccccc3)cc(c1O)Cc1cc(C)cc(c1O)C2. The lowest BCUT2D eigenvalue weighted by atomic mass is 9.87. The molecular formula is C42H36O4. The van der Waals surface area contributed by atoms with E-state index in [-0.39, 0.29) is 29.4 Å². The Balaban J connectivity index is 1.50. The highest BCUT2D eigenvalue weighted by atomic mass is 16.3. The number of phenolic OH excluding ortho intramolecular Hbond substituents is 4. The van der Waals surface area contributed by atoms with E-state index in [9.17, 15) is 20.4 Å². The highest BCUT2D eigenvalue weighted by Gasteiger charge is 2.21. The number of hydrogen-bond acceptors (Lipinski definition) is 4. The average molecular weight is 605 g/mol. The van der Waals surface area contributed by atoms with Crippen molar-refractivity contribution in [3.63, 3.8) is 0 Å². The summed E-state index contributed by atoms with van der Waals surface area (Å²) in [6.45, 7) is 4.00. The summed E-state index contributed by atoms with van der Waals surface area (Å²) in [5.41, 5.74) is 11.5. The third-order valence-corrected chi connectivity index (χ3v) is 9.10. The quantitative estimate of drug-likeness (QED) is 0.159. The fourth-order valence-corrected chi connectivity index (χ4v) is 6.88. The van der Waals surface area contributed by atoms with Crippen LogP contribution in [0, 0.1) is 13.8 Å². The molecule has 0 atom stereocenters. The smallest absolute Gasteiger partial charge is 0.122 e. The highest BCUT2D eigenvalue weighted by Crippen LogP contribution is 2.41. The number of hydrogen-bond donors (Lipinski definition) is 4. The lowest BCUT2D eigenvalue weighted by molar-refractivity contribution is 0.450. The Morgan fingerprint density at radius 3 is 0.826 bits per heavy atom. The molecule has 0 spiro atoms. The van der Waals surface area contributed by atoms with Gasteiger partial charge in [-0.15, -0.1) is 0 Å². The second-order valence-corrected chi connectivity index (χ2v) is 12.6. The molecule has 1 aliphatic carbocycles. The van der Waals surface area contributed by atoms with Gasteiger partial charge >= 0.3 is 0 Å². The first-order valence-electron chi connectivity index (χ1n) is 15.7. The van der Waals surface area contributed by atoms with Crippen molar-refractivity contribution in [3.8, 4) is 45.3 Å². The van der Waals surface area contributed by atoms with Gasteiger partial charge in [0.1, 0.15) is 23.0 Å². The molecule has 228 valence electrons. The molecule has 4 nitrogen and oxygen atoms in total. The highest BCUT2D eigenvalue weighted by molar-refractivity contribution is 5.71. The van der Waals surface area contributed by atoms with Gasteiger partial charge in [-0.05, 0) is 105 Å². The molecule has 0 saturated carbocycles. The van der Waals surface area contributed by atoms with Crippen LogP contribution in [-0.2, 0) is 25.7 Å². The molecular weight excluding hydrogens is 568 g/mol. The van der Waals surface area contributed by atoms with E-state index in [0.717, 1.165) is 33.4 Å². The minimum atomic E-state index is 0.152. The monoisotopic (exact) mass is 604 g/mol. The molecule has 0 heterocycles. The van der Waals surface area contributed by atoms with Gasteiger partial charge in [-0.3, -0.25) is 0 Å². The molecule has 0 radical (unpaired) electrons. The molecule has 4 N–H and O–H groups in total. The molecule has 7 rings (SSSR count). The maximum atomic E-state index is 11.8. The van der Waals surface area contributed by atoms with Crippen LogP contribution in [0.2, 0.25) is 0 Å². The van der Waals surface area contributed by atoms with Gasteiger partial charge in [0.15, 0.2) is 0 Å². The number of benzene rings is 6. The molecule has 4 heteroatoms. The van der Waals surface area contributed by atoms with Crippen LogP contribution in [0.3, 0.4) is 0 Å². The van der Waals surface area contributed by atoms with E-state index in [4.69, 9.17) is 0 Å². The third kappa shape index (κ3) is 5.59. The first-order chi connectivity index (χ1) is 22.2. The molecule has 1 aliphatic rings. The number of rotatable bonds is 2. The number of phenols is 4. The molecule has 6 aromatic rings. The summed E-state index contributed by atoms with van der Waals surface area (Å²) in [6, 6.07) is 35.9. The fraction of sp³-hybridized carbons (Fsp3) is 0.143. The van der Waals surface area contributed by atoms with E-state index in [0.29, 0.717) is 63.8 Å². The van der Waals surface area contributed by atoms with Crippen LogP contribution in [-0.4, -0.2) is 20.4 Å². The molecule has 6 aromatic carbocycles. The van der Waals surface area contributed by atoms with Gasteiger partial charge in [-0.1, -0.05) is 96.1 Å². The molecule has 0 fully saturated rings. The third-order valence-electron chi connectivity index (χ3n) is 9.10. The van der Waals surface area contributed by atoms with Gasteiger partial charge < -0.3 is 20.4 Å². The summed E-state index contributed by atoms with van der Waals surface area (Å²) in [4.78, 5) is 0. The predicted octanol–water partition coefficient (Wildman–Crippen LogP) is 9.14. The Labute approximate surface area is 269 Å². The van der Waals surface area contributed by atoms with Crippen molar-refractivity contribution in [2.24, 2.45) is 0 Å². The Bertz CT molecular complexity index is 1950. The van der Waals surface area contributed by atoms with Crippen LogP contribution in [0.15, 0.2) is 109 Å². The summed E-state index contributed by atoms with van der Waals surface area (Å²) in [5.74, 6) is 0.640. The van der Waals surface area contributed by atoms with Gasteiger partial charge in [0.25, 0.3) is 0 Å². The zero-order chi connectivity index (χ0) is 31.9. The van der Waals surface area contributed by atoms with Gasteiger partial charge in [0, 0.05) is 25.7 Å². The van der Waals surface area contributed by atoms with E-state index in [1.54, 1.807) is 0 Å². The van der Waals surface area contributed by atoms with Crippen LogP contribution in [0.5, 0.6) is 23.0 Å². The number of aromatic hydroxyl groups is 4. The van der Waals surface area contributed by atoms with Crippen molar-refractivity contribution in [2.45, 2.75) is 39.5 Å². The summed E-state index contributed by atoms with van der Waals surface area (Å²) in [6.07, 6.45) is 1.25. The molecule has 0 amide bonds. The zero-order valence-corrected chi connectivity index (χ0v) is 26.0. The normalized spacial score (nSPS) is 12.6. The van der Waals surface area contributed by atoms with Crippen LogP contribution in [0.1, 0.15) is 55.6 Å². The van der Waals surface area contributed by atoms with E-state index < -0.39 is 0 Å². The fourth-order valence-electron chi connectivity index (χ4n) is 6.88. The number of fused-ring (bicyclic) bond motifs is 8. The largest absolute Gasteiger partial charge is 0.507 e. The summed E-state index contributed by atoms with van der Waals surface area (Å²) in [5, 5.41) is 46.7. The summed E-state index contributed by atoms with van der Waals surface area (Å²) in [7, 11) is 0. The predicted molar refractivity (Wildman–Crippen MR) is 184 cm³/mol. The maximum absolute atomic E-state index is 11.8. The lowest BCUT2D eigenvalue weighted by Crippen LogP contribution is -2.03. The standard InChI is InChI=1S/C42H36O4/c1-25-13-31-21-32-14-26(2)16-34(40(32)44)23-36-18-30(28-11-7-4-8-12-28)20-38(42(36)46)24-37-19-29(27-9-5-3-6-10-27)17-35(41(37)45)22-33(15-25)39(31)43/h3-20,43-46H,21-24H2,1-2H3. The molecule has 0 aromatic heterocycles. The van der Waals surface area contributed by atoms with Crippen LogP contribution in [0.25, 0.3) is 22.3 Å². The Morgan fingerprint density at radius 2 is 0.565 bits per heavy atom. The molecule has 46 heavy (non-hydrogen) atoms. The Kier molecular flexibility index (Phi) is 7.50. The van der Waals surface area contributed by atoms with Gasteiger partial charge in [0.05, 0.1) is 0 Å². The van der Waals surface area contributed by atoms with Crippen LogP contribution in [0.4, 0.5) is 0 Å². The first-order valence-corrected chi connectivity index (χ1v) is 15.7. The summed E-state index contributed by atoms with van der Waals surface area (Å²) >= 11 is 0.